The lowest BCUT2D eigenvalue weighted by Gasteiger charge is -2.30. The van der Waals surface area contributed by atoms with Crippen molar-refractivity contribution in [2.45, 2.75) is 56.5 Å². The van der Waals surface area contributed by atoms with E-state index < -0.39 is 22.7 Å². The number of fused-ring (bicyclic) bond motifs is 2. The molecule has 1 aliphatic heterocycles. The van der Waals surface area contributed by atoms with Crippen LogP contribution >= 0.6 is 11.8 Å². The van der Waals surface area contributed by atoms with Gasteiger partial charge in [-0.2, -0.15) is 13.2 Å². The van der Waals surface area contributed by atoms with Gasteiger partial charge in [-0.05, 0) is 37.0 Å². The van der Waals surface area contributed by atoms with Crippen LogP contribution in [0.5, 0.6) is 0 Å². The highest BCUT2D eigenvalue weighted by Crippen LogP contribution is 2.51. The van der Waals surface area contributed by atoms with Crippen molar-refractivity contribution in [3.05, 3.63) is 0 Å². The lowest BCUT2D eigenvalue weighted by atomic mass is 9.93. The Morgan fingerprint density at radius 2 is 2.05 bits per heavy atom. The van der Waals surface area contributed by atoms with Crippen LogP contribution in [0.2, 0.25) is 0 Å². The minimum Gasteiger partial charge on any atom is -0.304 e. The number of nitrogens with one attached hydrogen (secondary N) is 1. The Hall–Kier alpha value is -0.720. The molecule has 2 aliphatic carbocycles. The number of amidine groups is 1. The average molecular weight is 320 g/mol. The van der Waals surface area contributed by atoms with E-state index in [-0.39, 0.29) is 11.2 Å². The number of hydrogen-bond acceptors (Lipinski definition) is 3. The quantitative estimate of drug-likeness (QED) is 0.848. The molecule has 0 aromatic carbocycles. The standard InChI is InChI=1S/C14H19F3N2OS/c1-7(2)13(14(15,16)17)11(20)19-12(21-13)18-10-6-8-3-4-9(10)5-8/h7-10H,3-6H2,1-2H3,(H,18,19,20)/t8-,9+,10+,13+/m1/s1. The van der Waals surface area contributed by atoms with Gasteiger partial charge in [0.2, 0.25) is 0 Å². The maximum absolute atomic E-state index is 13.4. The molecule has 4 atom stereocenters. The van der Waals surface area contributed by atoms with E-state index in [1.54, 1.807) is 0 Å². The topological polar surface area (TPSA) is 41.5 Å². The Kier molecular flexibility index (Phi) is 3.54. The van der Waals surface area contributed by atoms with Gasteiger partial charge < -0.3 is 5.32 Å². The number of carbonyl (C=O) groups excluding carboxylic acids is 1. The summed E-state index contributed by atoms with van der Waals surface area (Å²) < 4.78 is 37.9. The highest BCUT2D eigenvalue weighted by atomic mass is 32.2. The van der Waals surface area contributed by atoms with Gasteiger partial charge in [-0.3, -0.25) is 9.79 Å². The van der Waals surface area contributed by atoms with Crippen LogP contribution in [-0.2, 0) is 4.79 Å². The first kappa shape index (κ1) is 15.2. The average Bonchev–Trinajstić information content (AvgIpc) is 3.02. The summed E-state index contributed by atoms with van der Waals surface area (Å²) in [5.74, 6) is -0.656. The van der Waals surface area contributed by atoms with Crippen LogP contribution in [0.4, 0.5) is 13.2 Å². The second-order valence-corrected chi connectivity index (χ2v) is 7.86. The molecule has 2 bridgehead atoms. The molecule has 0 aromatic heterocycles. The summed E-state index contributed by atoms with van der Waals surface area (Å²) >= 11 is 0.560. The zero-order chi connectivity index (χ0) is 15.4. The van der Waals surface area contributed by atoms with Crippen LogP contribution in [0, 0.1) is 17.8 Å². The molecule has 7 heteroatoms. The Balaban J connectivity index is 1.83. The Morgan fingerprint density at radius 3 is 2.48 bits per heavy atom. The predicted octanol–water partition coefficient (Wildman–Crippen LogP) is 3.35. The van der Waals surface area contributed by atoms with Gasteiger partial charge in [0.15, 0.2) is 9.91 Å². The number of thioether (sulfide) groups is 1. The van der Waals surface area contributed by atoms with Crippen LogP contribution in [0.1, 0.15) is 39.5 Å². The summed E-state index contributed by atoms with van der Waals surface area (Å²) in [6.45, 7) is 2.86. The summed E-state index contributed by atoms with van der Waals surface area (Å²) in [7, 11) is 0. The molecule has 3 aliphatic rings. The summed E-state index contributed by atoms with van der Waals surface area (Å²) in [4.78, 5) is 16.4. The molecule has 0 radical (unpaired) electrons. The third kappa shape index (κ3) is 2.28. The maximum atomic E-state index is 13.4. The van der Waals surface area contributed by atoms with E-state index in [0.717, 1.165) is 19.3 Å². The monoisotopic (exact) mass is 320 g/mol. The highest BCUT2D eigenvalue weighted by Gasteiger charge is 2.66. The van der Waals surface area contributed by atoms with Crippen molar-refractivity contribution in [3.8, 4) is 0 Å². The number of aliphatic imine (C=N–C) groups is 1. The van der Waals surface area contributed by atoms with Crippen molar-refractivity contribution < 1.29 is 18.0 Å². The van der Waals surface area contributed by atoms with E-state index >= 15 is 0 Å². The van der Waals surface area contributed by atoms with Crippen molar-refractivity contribution >= 4 is 22.8 Å². The van der Waals surface area contributed by atoms with Gasteiger partial charge in [0.05, 0.1) is 6.04 Å². The van der Waals surface area contributed by atoms with Crippen LogP contribution in [-0.4, -0.2) is 28.0 Å². The lowest BCUT2D eigenvalue weighted by molar-refractivity contribution is -0.176. The normalized spacial score (nSPS) is 41.3. The van der Waals surface area contributed by atoms with E-state index in [1.807, 2.05) is 0 Å². The molecule has 3 nitrogen and oxygen atoms in total. The van der Waals surface area contributed by atoms with Gasteiger partial charge in [0.25, 0.3) is 5.91 Å². The number of nitrogens with zero attached hydrogens (tertiary/aromatic N) is 1. The molecule has 0 aromatic rings. The minimum absolute atomic E-state index is 0.0859. The second kappa shape index (κ2) is 4.89. The zero-order valence-corrected chi connectivity index (χ0v) is 12.9. The van der Waals surface area contributed by atoms with E-state index in [9.17, 15) is 18.0 Å². The number of halogens is 3. The zero-order valence-electron chi connectivity index (χ0n) is 12.0. The molecule has 1 amide bonds. The molecule has 1 saturated heterocycles. The molecule has 0 spiro atoms. The lowest BCUT2D eigenvalue weighted by Crippen LogP contribution is -2.52. The second-order valence-electron chi connectivity index (χ2n) is 6.62. The first-order valence-corrected chi connectivity index (χ1v) is 8.20. The molecular weight excluding hydrogens is 301 g/mol. The van der Waals surface area contributed by atoms with Gasteiger partial charge in [-0.1, -0.05) is 32.0 Å². The van der Waals surface area contributed by atoms with E-state index in [4.69, 9.17) is 0 Å². The molecule has 118 valence electrons. The van der Waals surface area contributed by atoms with Gasteiger partial charge in [-0.15, -0.1) is 0 Å². The Bertz CT molecular complexity index is 491. The summed E-state index contributed by atoms with van der Waals surface area (Å²) in [5.41, 5.74) is 0. The number of alkyl halides is 3. The number of amides is 1. The van der Waals surface area contributed by atoms with Gasteiger partial charge in [-0.25, -0.2) is 0 Å². The van der Waals surface area contributed by atoms with Crippen LogP contribution in [0.15, 0.2) is 4.99 Å². The number of rotatable bonds is 2. The number of carbonyl (C=O) groups is 1. The minimum atomic E-state index is -4.58. The fraction of sp³-hybridized carbons (Fsp3) is 0.857. The van der Waals surface area contributed by atoms with Gasteiger partial charge >= 0.3 is 6.18 Å². The summed E-state index contributed by atoms with van der Waals surface area (Å²) in [6, 6.07) is 0.0859. The van der Waals surface area contributed by atoms with E-state index in [0.29, 0.717) is 23.6 Å². The third-order valence-corrected chi connectivity index (χ3v) is 6.64. The molecule has 3 rings (SSSR count). The Labute approximate surface area is 126 Å². The summed E-state index contributed by atoms with van der Waals surface area (Å²) in [5, 5.41) is 2.53. The predicted molar refractivity (Wildman–Crippen MR) is 76.0 cm³/mol. The molecule has 21 heavy (non-hydrogen) atoms. The van der Waals surface area contributed by atoms with E-state index in [2.05, 4.69) is 10.3 Å². The van der Waals surface area contributed by atoms with Gasteiger partial charge in [0, 0.05) is 0 Å². The third-order valence-electron chi connectivity index (χ3n) is 5.03. The van der Waals surface area contributed by atoms with E-state index in [1.165, 1.54) is 20.3 Å². The first-order valence-electron chi connectivity index (χ1n) is 7.39. The number of hydrogen-bond donors (Lipinski definition) is 1. The molecule has 1 N–H and O–H groups in total. The SMILES string of the molecule is CC(C)[C@]1(C(F)(F)F)SC(=N[C@H]2C[C@@H]3CC[C@H]2C3)NC1=O. The van der Waals surface area contributed by atoms with Gasteiger partial charge in [0.1, 0.15) is 0 Å². The maximum Gasteiger partial charge on any atom is 0.412 e. The molecule has 2 saturated carbocycles. The molecule has 1 heterocycles. The fourth-order valence-corrected chi connectivity index (χ4v) is 5.02. The van der Waals surface area contributed by atoms with Crippen molar-refractivity contribution in [3.63, 3.8) is 0 Å². The van der Waals surface area contributed by atoms with Crippen LogP contribution in [0.25, 0.3) is 0 Å². The van der Waals surface area contributed by atoms with Crippen molar-refractivity contribution in [1.82, 2.24) is 5.32 Å². The smallest absolute Gasteiger partial charge is 0.304 e. The van der Waals surface area contributed by atoms with Crippen LogP contribution < -0.4 is 5.32 Å². The fourth-order valence-electron chi connectivity index (χ4n) is 3.89. The van der Waals surface area contributed by atoms with Crippen molar-refractivity contribution in [2.75, 3.05) is 0 Å². The van der Waals surface area contributed by atoms with Crippen LogP contribution in [0.3, 0.4) is 0 Å². The summed E-state index contributed by atoms with van der Waals surface area (Å²) in [6.07, 6.45) is -0.175. The molecule has 0 unspecified atom stereocenters. The largest absolute Gasteiger partial charge is 0.412 e. The molecule has 3 fully saturated rings. The highest BCUT2D eigenvalue weighted by molar-refractivity contribution is 8.16. The molecular formula is C14H19F3N2OS. The Morgan fingerprint density at radius 1 is 1.33 bits per heavy atom. The van der Waals surface area contributed by atoms with Crippen molar-refractivity contribution in [1.29, 1.82) is 0 Å². The van der Waals surface area contributed by atoms with Crippen molar-refractivity contribution in [2.24, 2.45) is 22.7 Å². The first-order chi connectivity index (χ1) is 9.74.